The molecule has 2 nitrogen and oxygen atoms in total. The molecule has 1 fully saturated rings. The maximum Gasteiger partial charge on any atom is 0.0221 e. The van der Waals surface area contributed by atoms with Gasteiger partial charge in [-0.05, 0) is 31.7 Å². The summed E-state index contributed by atoms with van der Waals surface area (Å²) < 4.78 is 0. The number of hydrogen-bond acceptors (Lipinski definition) is 2. The number of benzene rings is 1. The highest BCUT2D eigenvalue weighted by atomic mass is 15.2. The summed E-state index contributed by atoms with van der Waals surface area (Å²) in [5.74, 6) is 0.758. The Morgan fingerprint density at radius 1 is 1.25 bits per heavy atom. The van der Waals surface area contributed by atoms with E-state index in [1.165, 1.54) is 18.5 Å². The third kappa shape index (κ3) is 3.83. The molecule has 1 saturated heterocycles. The monoisotopic (exact) mass is 274 g/mol. The van der Waals surface area contributed by atoms with Crippen molar-refractivity contribution in [2.45, 2.75) is 58.7 Å². The lowest BCUT2D eigenvalue weighted by molar-refractivity contribution is 0.0820. The zero-order valence-electron chi connectivity index (χ0n) is 13.5. The number of piperazine rings is 1. The molecule has 1 aliphatic heterocycles. The molecule has 0 bridgehead atoms. The molecule has 0 aromatic heterocycles. The van der Waals surface area contributed by atoms with Crippen LogP contribution in [0.25, 0.3) is 0 Å². The average molecular weight is 274 g/mol. The molecular formula is C18H30N2. The summed E-state index contributed by atoms with van der Waals surface area (Å²) >= 11 is 0. The molecule has 4 atom stereocenters. The fourth-order valence-electron chi connectivity index (χ4n) is 3.26. The predicted molar refractivity (Wildman–Crippen MR) is 87.0 cm³/mol. The number of hydrogen-bond donors (Lipinski definition) is 1. The maximum atomic E-state index is 3.73. The van der Waals surface area contributed by atoms with E-state index in [1.54, 1.807) is 0 Å². The van der Waals surface area contributed by atoms with Gasteiger partial charge < -0.3 is 5.32 Å². The van der Waals surface area contributed by atoms with Crippen LogP contribution in [0.2, 0.25) is 0 Å². The molecule has 112 valence electrons. The molecular weight excluding hydrogens is 244 g/mol. The SMILES string of the molecule is CCC(C)C1CN(C(C)Cc2ccccc2)C(C)CN1. The number of nitrogens with zero attached hydrogens (tertiary/aromatic N) is 1. The molecule has 1 aromatic rings. The van der Waals surface area contributed by atoms with Crippen molar-refractivity contribution in [1.29, 1.82) is 0 Å². The summed E-state index contributed by atoms with van der Waals surface area (Å²) in [5, 5.41) is 3.73. The first kappa shape index (κ1) is 15.5. The molecule has 1 heterocycles. The van der Waals surface area contributed by atoms with Crippen molar-refractivity contribution in [3.63, 3.8) is 0 Å². The molecule has 0 aliphatic carbocycles. The van der Waals surface area contributed by atoms with Gasteiger partial charge in [-0.15, -0.1) is 0 Å². The largest absolute Gasteiger partial charge is 0.311 e. The lowest BCUT2D eigenvalue weighted by Gasteiger charge is -2.44. The molecule has 0 radical (unpaired) electrons. The Morgan fingerprint density at radius 2 is 1.95 bits per heavy atom. The predicted octanol–water partition coefficient (Wildman–Crippen LogP) is 3.33. The molecule has 20 heavy (non-hydrogen) atoms. The third-order valence-corrected chi connectivity index (χ3v) is 4.92. The quantitative estimate of drug-likeness (QED) is 0.886. The average Bonchev–Trinajstić information content (AvgIpc) is 2.48. The second-order valence-electron chi connectivity index (χ2n) is 6.48. The van der Waals surface area contributed by atoms with E-state index in [0.29, 0.717) is 18.1 Å². The third-order valence-electron chi connectivity index (χ3n) is 4.92. The van der Waals surface area contributed by atoms with Crippen LogP contribution in [0.4, 0.5) is 0 Å². The van der Waals surface area contributed by atoms with Crippen LogP contribution >= 0.6 is 0 Å². The molecule has 1 aromatic carbocycles. The van der Waals surface area contributed by atoms with Gasteiger partial charge in [0.1, 0.15) is 0 Å². The van der Waals surface area contributed by atoms with Crippen LogP contribution in [0.1, 0.15) is 39.7 Å². The molecule has 1 N–H and O–H groups in total. The minimum atomic E-state index is 0.612. The summed E-state index contributed by atoms with van der Waals surface area (Å²) in [6, 6.07) is 12.8. The van der Waals surface area contributed by atoms with Crippen molar-refractivity contribution in [2.24, 2.45) is 5.92 Å². The van der Waals surface area contributed by atoms with Crippen LogP contribution in [0.5, 0.6) is 0 Å². The highest BCUT2D eigenvalue weighted by molar-refractivity contribution is 5.16. The Morgan fingerprint density at radius 3 is 2.60 bits per heavy atom. The zero-order chi connectivity index (χ0) is 14.5. The van der Waals surface area contributed by atoms with E-state index in [-0.39, 0.29) is 0 Å². The van der Waals surface area contributed by atoms with Gasteiger partial charge in [0.25, 0.3) is 0 Å². The molecule has 0 spiro atoms. The topological polar surface area (TPSA) is 15.3 Å². The van der Waals surface area contributed by atoms with Gasteiger partial charge >= 0.3 is 0 Å². The van der Waals surface area contributed by atoms with E-state index >= 15 is 0 Å². The van der Waals surface area contributed by atoms with Crippen molar-refractivity contribution in [3.05, 3.63) is 35.9 Å². The molecule has 4 unspecified atom stereocenters. The van der Waals surface area contributed by atoms with Gasteiger partial charge in [-0.25, -0.2) is 0 Å². The fraction of sp³-hybridized carbons (Fsp3) is 0.667. The highest BCUT2D eigenvalue weighted by Crippen LogP contribution is 2.19. The van der Waals surface area contributed by atoms with Crippen molar-refractivity contribution in [3.8, 4) is 0 Å². The van der Waals surface area contributed by atoms with Gasteiger partial charge in [0.15, 0.2) is 0 Å². The standard InChI is InChI=1S/C18H30N2/c1-5-14(2)18-13-20(16(4)12-19-18)15(3)11-17-9-7-6-8-10-17/h6-10,14-16,18-19H,5,11-13H2,1-4H3. The van der Waals surface area contributed by atoms with E-state index in [9.17, 15) is 0 Å². The van der Waals surface area contributed by atoms with Crippen LogP contribution in [0.15, 0.2) is 30.3 Å². The highest BCUT2D eigenvalue weighted by Gasteiger charge is 2.30. The first-order chi connectivity index (χ1) is 9.61. The van der Waals surface area contributed by atoms with Crippen LogP contribution in [0.3, 0.4) is 0 Å². The van der Waals surface area contributed by atoms with Gasteiger partial charge in [-0.1, -0.05) is 50.6 Å². The van der Waals surface area contributed by atoms with Gasteiger partial charge in [0.2, 0.25) is 0 Å². The van der Waals surface area contributed by atoms with Crippen molar-refractivity contribution in [1.82, 2.24) is 10.2 Å². The molecule has 2 rings (SSSR count). The summed E-state index contributed by atoms with van der Waals surface area (Å²) in [6.07, 6.45) is 2.41. The summed E-state index contributed by atoms with van der Waals surface area (Å²) in [6.45, 7) is 11.7. The van der Waals surface area contributed by atoms with Gasteiger partial charge in [0.05, 0.1) is 0 Å². The Labute approximate surface area is 124 Å². The Hall–Kier alpha value is -0.860. The number of rotatable bonds is 5. The van der Waals surface area contributed by atoms with Gasteiger partial charge in [-0.2, -0.15) is 0 Å². The summed E-state index contributed by atoms with van der Waals surface area (Å²) in [5.41, 5.74) is 1.45. The first-order valence-electron chi connectivity index (χ1n) is 8.14. The molecule has 2 heteroatoms. The van der Waals surface area contributed by atoms with Crippen molar-refractivity contribution >= 4 is 0 Å². The van der Waals surface area contributed by atoms with Crippen molar-refractivity contribution in [2.75, 3.05) is 13.1 Å². The van der Waals surface area contributed by atoms with E-state index in [1.807, 2.05) is 0 Å². The van der Waals surface area contributed by atoms with Crippen molar-refractivity contribution < 1.29 is 0 Å². The van der Waals surface area contributed by atoms with Crippen LogP contribution in [-0.4, -0.2) is 36.1 Å². The first-order valence-corrected chi connectivity index (χ1v) is 8.14. The van der Waals surface area contributed by atoms with E-state index < -0.39 is 0 Å². The van der Waals surface area contributed by atoms with E-state index in [4.69, 9.17) is 0 Å². The lowest BCUT2D eigenvalue weighted by Crippen LogP contribution is -2.59. The van der Waals surface area contributed by atoms with Crippen LogP contribution in [0, 0.1) is 5.92 Å². The second kappa shape index (κ2) is 7.24. The van der Waals surface area contributed by atoms with E-state index in [2.05, 4.69) is 68.2 Å². The Balaban J connectivity index is 1.98. The lowest BCUT2D eigenvalue weighted by atomic mass is 9.94. The zero-order valence-corrected chi connectivity index (χ0v) is 13.5. The molecule has 1 aliphatic rings. The van der Waals surface area contributed by atoms with Crippen LogP contribution < -0.4 is 5.32 Å². The Bertz CT molecular complexity index is 390. The van der Waals surface area contributed by atoms with Crippen LogP contribution in [-0.2, 0) is 6.42 Å². The van der Waals surface area contributed by atoms with Gasteiger partial charge in [0, 0.05) is 31.2 Å². The fourth-order valence-corrected chi connectivity index (χ4v) is 3.26. The molecule has 0 amide bonds. The molecule has 0 saturated carbocycles. The van der Waals surface area contributed by atoms with Gasteiger partial charge in [-0.3, -0.25) is 4.90 Å². The summed E-state index contributed by atoms with van der Waals surface area (Å²) in [7, 11) is 0. The normalized spacial score (nSPS) is 27.2. The smallest absolute Gasteiger partial charge is 0.0221 e. The minimum Gasteiger partial charge on any atom is -0.311 e. The minimum absolute atomic E-state index is 0.612. The second-order valence-corrected chi connectivity index (χ2v) is 6.48. The number of nitrogens with one attached hydrogen (secondary N) is 1. The van der Waals surface area contributed by atoms with E-state index in [0.717, 1.165) is 18.9 Å². The summed E-state index contributed by atoms with van der Waals surface area (Å²) in [4.78, 5) is 2.69. The Kier molecular flexibility index (Phi) is 5.62. The maximum absolute atomic E-state index is 3.73.